The average Bonchev–Trinajstić information content (AvgIpc) is 1.65. The van der Waals surface area contributed by atoms with Gasteiger partial charge in [0.05, 0.1) is 0 Å². The predicted molar refractivity (Wildman–Crippen MR) is 46.0 cm³/mol. The van der Waals surface area contributed by atoms with Crippen LogP contribution in [-0.4, -0.2) is 7.85 Å². The Morgan fingerprint density at radius 2 is 2.29 bits per heavy atom. The first-order valence-electron chi connectivity index (χ1n) is 1.63. The zero-order valence-corrected chi connectivity index (χ0v) is 6.74. The number of allylic oxidation sites excluding steroid dienone is 2. The van der Waals surface area contributed by atoms with Gasteiger partial charge < -0.3 is 0 Å². The van der Waals surface area contributed by atoms with Crippen LogP contribution >= 0.6 is 35.2 Å². The Balaban J connectivity index is 3.82. The molecule has 3 heteroatoms. The van der Waals surface area contributed by atoms with Crippen LogP contribution in [0.2, 0.25) is 0 Å². The number of hydrogen-bond donors (Lipinski definition) is 1. The minimum absolute atomic E-state index is 0.565. The molecule has 0 unspecified atom stereocenters. The van der Waals surface area contributed by atoms with E-state index in [2.05, 4.69) is 41.8 Å². The lowest BCUT2D eigenvalue weighted by atomic mass is 9.99. The van der Waals surface area contributed by atoms with E-state index in [9.17, 15) is 0 Å². The molecule has 7 heavy (non-hydrogen) atoms. The zero-order valence-electron chi connectivity index (χ0n) is 3.69. The van der Waals surface area contributed by atoms with E-state index in [-0.39, 0.29) is 0 Å². The van der Waals surface area contributed by atoms with Gasteiger partial charge in [0.2, 0.25) is 0 Å². The normalized spacial score (nSPS) is 11.4. The maximum atomic E-state index is 5.23. The summed E-state index contributed by atoms with van der Waals surface area (Å²) in [6.07, 6.45) is 0. The molecule has 36 valence electrons. The van der Waals surface area contributed by atoms with Gasteiger partial charge in [-0.1, -0.05) is 5.47 Å². The molecular weight excluding hydrogens is 218 g/mol. The molecule has 0 aliphatic carbocycles. The second-order valence-corrected chi connectivity index (χ2v) is 2.42. The molecule has 0 N–H and O–H groups in total. The van der Waals surface area contributed by atoms with E-state index in [0.717, 1.165) is 3.58 Å². The van der Waals surface area contributed by atoms with Crippen LogP contribution in [0.4, 0.5) is 0 Å². The molecule has 0 aromatic rings. The van der Waals surface area contributed by atoms with E-state index >= 15 is 0 Å². The number of rotatable bonds is 1. The summed E-state index contributed by atoms with van der Waals surface area (Å²) in [7, 11) is 5.23. The van der Waals surface area contributed by atoms with Crippen LogP contribution in [0, 0.1) is 0 Å². The fourth-order valence-electron chi connectivity index (χ4n) is 0.0829. The minimum Gasteiger partial charge on any atom is -0.150 e. The van der Waals surface area contributed by atoms with E-state index in [1.54, 1.807) is 5.41 Å². The fraction of sp³-hybridized carbons (Fsp3) is 0. The van der Waals surface area contributed by atoms with E-state index in [1.807, 2.05) is 0 Å². The first-order chi connectivity index (χ1) is 3.18. The molecule has 0 saturated carbocycles. The number of hydrogen-bond acceptors (Lipinski definition) is 1. The van der Waals surface area contributed by atoms with Crippen molar-refractivity contribution in [3.63, 3.8) is 0 Å². The molecule has 0 aliphatic heterocycles. The van der Waals surface area contributed by atoms with E-state index in [4.69, 9.17) is 7.85 Å². The molecule has 0 rings (SSSR count). The Hall–Kier alpha value is 0.625. The monoisotopic (exact) mass is 222 g/mol. The van der Waals surface area contributed by atoms with Crippen molar-refractivity contribution in [3.05, 3.63) is 21.0 Å². The van der Waals surface area contributed by atoms with Crippen LogP contribution in [0.1, 0.15) is 0 Å². The van der Waals surface area contributed by atoms with Crippen molar-refractivity contribution in [2.45, 2.75) is 0 Å². The SMILES string of the molecule is [B]C(=C)/C(I)=C/S. The minimum atomic E-state index is 0.565. The van der Waals surface area contributed by atoms with Crippen molar-refractivity contribution in [2.24, 2.45) is 0 Å². The second-order valence-electron chi connectivity index (χ2n) is 1.00. The first kappa shape index (κ1) is 7.62. The number of halogens is 1. The van der Waals surface area contributed by atoms with Crippen LogP contribution in [-0.2, 0) is 0 Å². The van der Waals surface area contributed by atoms with E-state index in [1.165, 1.54) is 0 Å². The van der Waals surface area contributed by atoms with Crippen molar-refractivity contribution in [3.8, 4) is 0 Å². The topological polar surface area (TPSA) is 0 Å². The predicted octanol–water partition coefficient (Wildman–Crippen LogP) is 1.87. The van der Waals surface area contributed by atoms with Crippen LogP contribution in [0.5, 0.6) is 0 Å². The van der Waals surface area contributed by atoms with Gasteiger partial charge in [-0.25, -0.2) is 0 Å². The maximum absolute atomic E-state index is 5.23. The third-order valence-corrected chi connectivity index (χ3v) is 2.18. The first-order valence-corrected chi connectivity index (χ1v) is 3.22. The average molecular weight is 222 g/mol. The highest BCUT2D eigenvalue weighted by molar-refractivity contribution is 14.1. The molecule has 0 aromatic heterocycles. The Bertz CT molecular complexity index is 108. The van der Waals surface area contributed by atoms with Crippen molar-refractivity contribution >= 4 is 43.1 Å². The lowest BCUT2D eigenvalue weighted by molar-refractivity contribution is 1.99. The third-order valence-electron chi connectivity index (χ3n) is 0.420. The van der Waals surface area contributed by atoms with Gasteiger partial charge in [-0.15, -0.1) is 6.58 Å². The molecule has 0 atom stereocenters. The van der Waals surface area contributed by atoms with Crippen molar-refractivity contribution in [2.75, 3.05) is 0 Å². The molecule has 0 aliphatic rings. The van der Waals surface area contributed by atoms with Crippen LogP contribution in [0.15, 0.2) is 21.0 Å². The Labute approximate surface area is 64.0 Å². The summed E-state index contributed by atoms with van der Waals surface area (Å²) in [6, 6.07) is 0. The molecular formula is C4H4BIS. The van der Waals surface area contributed by atoms with Crippen molar-refractivity contribution < 1.29 is 0 Å². The highest BCUT2D eigenvalue weighted by atomic mass is 127. The van der Waals surface area contributed by atoms with Crippen LogP contribution in [0.25, 0.3) is 0 Å². The summed E-state index contributed by atoms with van der Waals surface area (Å²) in [5, 5.41) is 1.61. The van der Waals surface area contributed by atoms with Gasteiger partial charge in [0, 0.05) is 3.58 Å². The van der Waals surface area contributed by atoms with Gasteiger partial charge in [0.25, 0.3) is 0 Å². The van der Waals surface area contributed by atoms with Gasteiger partial charge in [0.15, 0.2) is 0 Å². The fourth-order valence-corrected chi connectivity index (χ4v) is 0.249. The summed E-state index contributed by atoms with van der Waals surface area (Å²) in [5.41, 5.74) is 0.565. The molecule has 0 aromatic carbocycles. The molecule has 0 saturated heterocycles. The van der Waals surface area contributed by atoms with E-state index in [0.29, 0.717) is 5.47 Å². The molecule has 0 bridgehead atoms. The van der Waals surface area contributed by atoms with Crippen LogP contribution in [0.3, 0.4) is 0 Å². The summed E-state index contributed by atoms with van der Waals surface area (Å²) in [6.45, 7) is 3.48. The van der Waals surface area contributed by atoms with Gasteiger partial charge >= 0.3 is 0 Å². The largest absolute Gasteiger partial charge is 0.150 e. The molecule has 0 heterocycles. The molecule has 0 spiro atoms. The molecule has 0 fully saturated rings. The summed E-state index contributed by atoms with van der Waals surface area (Å²) >= 11 is 5.90. The quantitative estimate of drug-likeness (QED) is 0.297. The van der Waals surface area contributed by atoms with Crippen molar-refractivity contribution in [1.82, 2.24) is 0 Å². The highest BCUT2D eigenvalue weighted by Crippen LogP contribution is 2.12. The second kappa shape index (κ2) is 3.61. The molecule has 0 nitrogen and oxygen atoms in total. The summed E-state index contributed by atoms with van der Waals surface area (Å²) < 4.78 is 0.890. The lowest BCUT2D eigenvalue weighted by Crippen LogP contribution is -1.72. The molecule has 0 amide bonds. The highest BCUT2D eigenvalue weighted by Gasteiger charge is 1.84. The summed E-state index contributed by atoms with van der Waals surface area (Å²) in [5.74, 6) is 0. The van der Waals surface area contributed by atoms with Crippen LogP contribution < -0.4 is 0 Å². The third kappa shape index (κ3) is 3.23. The van der Waals surface area contributed by atoms with Gasteiger partial charge in [-0.2, -0.15) is 12.6 Å². The smallest absolute Gasteiger partial charge is 0.114 e. The lowest BCUT2D eigenvalue weighted by Gasteiger charge is -1.89. The Kier molecular flexibility index (Phi) is 3.93. The standard InChI is InChI=1S/C4H4BIS/c1-3(5)4(6)2-7/h2,7H,1H2/b4-2-. The Morgan fingerprint density at radius 1 is 1.86 bits per heavy atom. The van der Waals surface area contributed by atoms with Gasteiger partial charge in [0.1, 0.15) is 7.85 Å². The maximum Gasteiger partial charge on any atom is 0.114 e. The summed E-state index contributed by atoms with van der Waals surface area (Å²) in [4.78, 5) is 0. The van der Waals surface area contributed by atoms with Gasteiger partial charge in [-0.05, 0) is 28.0 Å². The Morgan fingerprint density at radius 3 is 2.29 bits per heavy atom. The zero-order chi connectivity index (χ0) is 5.86. The van der Waals surface area contributed by atoms with Gasteiger partial charge in [-0.3, -0.25) is 0 Å². The molecule has 2 radical (unpaired) electrons. The van der Waals surface area contributed by atoms with Crippen molar-refractivity contribution in [1.29, 1.82) is 0 Å². The van der Waals surface area contributed by atoms with E-state index < -0.39 is 0 Å². The number of thiol groups is 1.